The number of sulfonamides is 1. The lowest BCUT2D eigenvalue weighted by molar-refractivity contribution is 0.448. The number of aryl methyl sites for hydroxylation is 2. The summed E-state index contributed by atoms with van der Waals surface area (Å²) in [5.41, 5.74) is 1.95. The van der Waals surface area contributed by atoms with Crippen molar-refractivity contribution in [3.8, 4) is 0 Å². The molecule has 0 saturated carbocycles. The van der Waals surface area contributed by atoms with Crippen molar-refractivity contribution in [3.63, 3.8) is 0 Å². The monoisotopic (exact) mass is 345 g/mol. The minimum atomic E-state index is -3.74. The van der Waals surface area contributed by atoms with Gasteiger partial charge in [0.25, 0.3) is 15.1 Å². The van der Waals surface area contributed by atoms with Crippen molar-refractivity contribution < 1.29 is 12.8 Å². The third-order valence-electron chi connectivity index (χ3n) is 3.13. The van der Waals surface area contributed by atoms with Crippen LogP contribution >= 0.6 is 15.9 Å². The summed E-state index contributed by atoms with van der Waals surface area (Å²) >= 11 is 3.15. The van der Waals surface area contributed by atoms with Crippen LogP contribution in [-0.2, 0) is 29.9 Å². The molecule has 0 atom stereocenters. The summed E-state index contributed by atoms with van der Waals surface area (Å²) in [6, 6.07) is 1.54. The number of furan rings is 1. The Hall–Kier alpha value is -1.28. The molecule has 1 aliphatic rings. The van der Waals surface area contributed by atoms with Gasteiger partial charge in [-0.3, -0.25) is 9.40 Å². The van der Waals surface area contributed by atoms with E-state index in [1.165, 1.54) is 6.26 Å². The first-order chi connectivity index (χ1) is 8.99. The fraction of sp³-hybridized carbons (Fsp3) is 0.364. The summed E-state index contributed by atoms with van der Waals surface area (Å²) in [7, 11) is -2.01. The van der Waals surface area contributed by atoms with Crippen molar-refractivity contribution in [2.24, 2.45) is 7.05 Å². The van der Waals surface area contributed by atoms with E-state index < -0.39 is 10.0 Å². The zero-order valence-electron chi connectivity index (χ0n) is 10.2. The first-order valence-corrected chi connectivity index (χ1v) is 8.07. The second-order valence-corrected chi connectivity index (χ2v) is 6.85. The first kappa shape index (κ1) is 12.7. The van der Waals surface area contributed by atoms with Gasteiger partial charge in [-0.1, -0.05) is 0 Å². The summed E-state index contributed by atoms with van der Waals surface area (Å²) in [4.78, 5) is 0. The van der Waals surface area contributed by atoms with E-state index in [0.29, 0.717) is 10.3 Å². The maximum absolute atomic E-state index is 12.3. The lowest BCUT2D eigenvalue weighted by atomic mass is 10.3. The van der Waals surface area contributed by atoms with Crippen LogP contribution in [0.25, 0.3) is 0 Å². The molecule has 0 aliphatic heterocycles. The molecule has 6 nitrogen and oxygen atoms in total. The molecule has 1 N–H and O–H groups in total. The quantitative estimate of drug-likeness (QED) is 0.923. The van der Waals surface area contributed by atoms with Crippen LogP contribution in [0, 0.1) is 0 Å². The van der Waals surface area contributed by atoms with Crippen LogP contribution in [-0.4, -0.2) is 18.2 Å². The standard InChI is InChI=1S/C11H12BrN3O3S/c1-15-10(7-3-2-4-9(7)13-15)14-19(16,17)11-8(12)5-6-18-11/h5-6,14H,2-4H2,1H3. The summed E-state index contributed by atoms with van der Waals surface area (Å²) in [5, 5.41) is 4.20. The Morgan fingerprint density at radius 2 is 2.26 bits per heavy atom. The maximum atomic E-state index is 12.3. The third-order valence-corrected chi connectivity index (χ3v) is 5.28. The molecule has 8 heteroatoms. The molecule has 2 heterocycles. The maximum Gasteiger partial charge on any atom is 0.297 e. The fourth-order valence-corrected chi connectivity index (χ4v) is 4.24. The molecule has 102 valence electrons. The molecule has 0 bridgehead atoms. The van der Waals surface area contributed by atoms with E-state index in [1.807, 2.05) is 0 Å². The van der Waals surface area contributed by atoms with Gasteiger partial charge in [-0.2, -0.15) is 13.5 Å². The van der Waals surface area contributed by atoms with Gasteiger partial charge in [0.1, 0.15) is 5.82 Å². The predicted molar refractivity (Wildman–Crippen MR) is 72.4 cm³/mol. The number of hydrogen-bond donors (Lipinski definition) is 1. The third kappa shape index (κ3) is 2.08. The van der Waals surface area contributed by atoms with E-state index in [-0.39, 0.29) is 5.09 Å². The van der Waals surface area contributed by atoms with Crippen LogP contribution in [0.2, 0.25) is 0 Å². The van der Waals surface area contributed by atoms with Gasteiger partial charge in [0.15, 0.2) is 0 Å². The molecule has 0 saturated heterocycles. The predicted octanol–water partition coefficient (Wildman–Crippen LogP) is 2.07. The van der Waals surface area contributed by atoms with Gasteiger partial charge in [-0.25, -0.2) is 0 Å². The van der Waals surface area contributed by atoms with Gasteiger partial charge in [0, 0.05) is 12.6 Å². The number of nitrogens with one attached hydrogen (secondary N) is 1. The molecule has 0 aromatic carbocycles. The van der Waals surface area contributed by atoms with Crippen LogP contribution in [0.1, 0.15) is 17.7 Å². The second-order valence-electron chi connectivity index (χ2n) is 4.41. The number of hydrogen-bond acceptors (Lipinski definition) is 4. The Labute approximate surface area is 119 Å². The summed E-state index contributed by atoms with van der Waals surface area (Å²) in [6.07, 6.45) is 4.08. The highest BCUT2D eigenvalue weighted by molar-refractivity contribution is 9.10. The number of aromatic nitrogens is 2. The number of anilines is 1. The molecular formula is C11H12BrN3O3S. The van der Waals surface area contributed by atoms with Crippen molar-refractivity contribution in [2.45, 2.75) is 24.4 Å². The molecule has 0 spiro atoms. The summed E-state index contributed by atoms with van der Waals surface area (Å²) in [5.74, 6) is 0.524. The van der Waals surface area contributed by atoms with Gasteiger partial charge in [0.05, 0.1) is 16.4 Å². The Morgan fingerprint density at radius 1 is 1.47 bits per heavy atom. The smallest absolute Gasteiger partial charge is 0.297 e. The van der Waals surface area contributed by atoms with Gasteiger partial charge < -0.3 is 4.42 Å². The first-order valence-electron chi connectivity index (χ1n) is 5.79. The zero-order chi connectivity index (χ0) is 13.6. The fourth-order valence-electron chi connectivity index (χ4n) is 2.29. The van der Waals surface area contributed by atoms with E-state index in [1.54, 1.807) is 17.8 Å². The number of fused-ring (bicyclic) bond motifs is 1. The molecule has 19 heavy (non-hydrogen) atoms. The van der Waals surface area contributed by atoms with Gasteiger partial charge in [-0.15, -0.1) is 0 Å². The van der Waals surface area contributed by atoms with Crippen LogP contribution in [0.5, 0.6) is 0 Å². The van der Waals surface area contributed by atoms with Crippen LogP contribution < -0.4 is 4.72 Å². The lowest BCUT2D eigenvalue weighted by Gasteiger charge is -2.08. The molecule has 0 amide bonds. The SMILES string of the molecule is Cn1nc2c(c1NS(=O)(=O)c1occc1Br)CCC2. The molecular weight excluding hydrogens is 334 g/mol. The van der Waals surface area contributed by atoms with E-state index in [4.69, 9.17) is 4.42 Å². The number of rotatable bonds is 3. The van der Waals surface area contributed by atoms with Gasteiger partial charge in [-0.05, 0) is 41.3 Å². The Balaban J connectivity index is 2.00. The minimum absolute atomic E-state index is 0.125. The van der Waals surface area contributed by atoms with E-state index in [0.717, 1.165) is 30.5 Å². The van der Waals surface area contributed by atoms with Crippen LogP contribution in [0.4, 0.5) is 5.82 Å². The molecule has 0 unspecified atom stereocenters. The highest BCUT2D eigenvalue weighted by atomic mass is 79.9. The molecule has 2 aromatic rings. The molecule has 1 aliphatic carbocycles. The largest absolute Gasteiger partial charge is 0.450 e. The van der Waals surface area contributed by atoms with Crippen molar-refractivity contribution in [1.29, 1.82) is 0 Å². The van der Waals surface area contributed by atoms with Crippen LogP contribution in [0.3, 0.4) is 0 Å². The second kappa shape index (κ2) is 4.38. The Bertz CT molecular complexity index is 732. The molecule has 0 fully saturated rings. The zero-order valence-corrected chi connectivity index (χ0v) is 12.6. The average molecular weight is 346 g/mol. The minimum Gasteiger partial charge on any atom is -0.450 e. The van der Waals surface area contributed by atoms with E-state index in [2.05, 4.69) is 25.8 Å². The Morgan fingerprint density at radius 3 is 2.95 bits per heavy atom. The highest BCUT2D eigenvalue weighted by Crippen LogP contribution is 2.31. The molecule has 3 rings (SSSR count). The highest BCUT2D eigenvalue weighted by Gasteiger charge is 2.27. The van der Waals surface area contributed by atoms with Crippen molar-refractivity contribution in [2.75, 3.05) is 4.72 Å². The summed E-state index contributed by atoms with van der Waals surface area (Å²) < 4.78 is 34.1. The normalized spacial score (nSPS) is 14.6. The number of nitrogens with zero attached hydrogens (tertiary/aromatic N) is 2. The van der Waals surface area contributed by atoms with Crippen molar-refractivity contribution >= 4 is 31.8 Å². The topological polar surface area (TPSA) is 77.1 Å². The summed E-state index contributed by atoms with van der Waals surface area (Å²) in [6.45, 7) is 0. The van der Waals surface area contributed by atoms with Gasteiger partial charge in [0.2, 0.25) is 0 Å². The van der Waals surface area contributed by atoms with Crippen molar-refractivity contribution in [3.05, 3.63) is 28.1 Å². The average Bonchev–Trinajstić information content (AvgIpc) is 2.99. The molecule has 2 aromatic heterocycles. The van der Waals surface area contributed by atoms with Gasteiger partial charge >= 0.3 is 0 Å². The van der Waals surface area contributed by atoms with Crippen molar-refractivity contribution in [1.82, 2.24) is 9.78 Å². The van der Waals surface area contributed by atoms with E-state index in [9.17, 15) is 8.42 Å². The molecule has 0 radical (unpaired) electrons. The number of halogens is 1. The van der Waals surface area contributed by atoms with E-state index >= 15 is 0 Å². The Kier molecular flexibility index (Phi) is 2.94. The van der Waals surface area contributed by atoms with Crippen LogP contribution in [0.15, 0.2) is 26.3 Å². The lowest BCUT2D eigenvalue weighted by Crippen LogP contribution is -2.16.